The highest BCUT2D eigenvalue weighted by Crippen LogP contribution is 2.26. The minimum atomic E-state index is -1.74. The molecule has 3 rings (SSSR count). The average molecular weight is 927 g/mol. The van der Waals surface area contributed by atoms with Crippen molar-refractivity contribution in [2.45, 2.75) is 146 Å². The Morgan fingerprint density at radius 3 is 1.62 bits per heavy atom. The van der Waals surface area contributed by atoms with E-state index in [4.69, 9.17) is 10.8 Å². The first kappa shape index (κ1) is 53.8. The highest BCUT2D eigenvalue weighted by Gasteiger charge is 2.44. The van der Waals surface area contributed by atoms with Gasteiger partial charge in [0.05, 0.1) is 25.4 Å². The maximum Gasteiger partial charge on any atom is 0.322 e. The van der Waals surface area contributed by atoms with Crippen LogP contribution in [-0.4, -0.2) is 205 Å². The molecule has 0 unspecified atom stereocenters. The molecule has 3 aliphatic heterocycles. The molecule has 0 saturated carbocycles. The van der Waals surface area contributed by atoms with Crippen LogP contribution >= 0.6 is 0 Å². The molecule has 0 radical (unpaired) electrons. The number of hydrogen-bond acceptors (Lipinski definition) is 15. The van der Waals surface area contributed by atoms with Crippen molar-refractivity contribution in [3.63, 3.8) is 0 Å². The summed E-state index contributed by atoms with van der Waals surface area (Å²) < 4.78 is 0. The lowest BCUT2D eigenvalue weighted by atomic mass is 10.0. The molecule has 0 spiro atoms. The van der Waals surface area contributed by atoms with Crippen molar-refractivity contribution >= 4 is 59.1 Å². The van der Waals surface area contributed by atoms with E-state index in [2.05, 4.69) is 31.9 Å². The average Bonchev–Trinajstić information content (AvgIpc) is 4.06. The van der Waals surface area contributed by atoms with E-state index >= 15 is 0 Å². The van der Waals surface area contributed by atoms with Crippen molar-refractivity contribution in [3.05, 3.63) is 0 Å². The third kappa shape index (κ3) is 14.5. The lowest BCUT2D eigenvalue weighted by Gasteiger charge is -2.33. The van der Waals surface area contributed by atoms with Crippen molar-refractivity contribution in [2.24, 2.45) is 11.7 Å². The molecule has 3 fully saturated rings. The van der Waals surface area contributed by atoms with Gasteiger partial charge in [-0.25, -0.2) is 0 Å². The number of aliphatic carboxylic acids is 1. The Bertz CT molecular complexity index is 1770. The molecule has 0 aromatic carbocycles. The molecule has 65 heavy (non-hydrogen) atoms. The quantitative estimate of drug-likeness (QED) is 0.0481. The summed E-state index contributed by atoms with van der Waals surface area (Å²) in [6, 6.07) is -11.9. The Hall–Kier alpha value is -5.50. The molecule has 13 N–H and O–H groups in total. The van der Waals surface area contributed by atoms with Gasteiger partial charge < -0.3 is 77.9 Å². The number of nitrogens with zero attached hydrogens (tertiary/aromatic N) is 3. The SMILES string of the molecule is CC(C)C[C@H](NC(=O)[C@H](C)NC(=O)[C@@H](NC(=O)[C@H](CO)NC(=O)[C@@H]1CCCN1C(=O)[C@@H]1CCCN1C(=O)[C@@H](N)[C@@H](C)O)[C@@H](C)O)C(=O)N[C@@H](CO)C(=O)N1CCC[C@H]1C(=O)NCC(=O)O. The number of carboxylic acids is 1. The second kappa shape index (κ2) is 24.7. The summed E-state index contributed by atoms with van der Waals surface area (Å²) in [6.45, 7) is 5.20. The third-order valence-electron chi connectivity index (χ3n) is 11.5. The monoisotopic (exact) mass is 926 g/mol. The largest absolute Gasteiger partial charge is 0.480 e. The Morgan fingerprint density at radius 2 is 1.09 bits per heavy atom. The van der Waals surface area contributed by atoms with E-state index in [0.29, 0.717) is 25.7 Å². The number of carbonyl (C=O) groups is 10. The predicted molar refractivity (Wildman–Crippen MR) is 225 cm³/mol. The summed E-state index contributed by atoms with van der Waals surface area (Å²) in [6.07, 6.45) is -0.708. The molecule has 9 amide bonds. The Labute approximate surface area is 375 Å². The molecule has 0 aromatic rings. The first-order chi connectivity index (χ1) is 30.5. The molecular weight excluding hydrogens is 860 g/mol. The highest BCUT2D eigenvalue weighted by atomic mass is 16.4. The molecule has 11 atom stereocenters. The molecule has 3 aliphatic rings. The van der Waals surface area contributed by atoms with E-state index in [-0.39, 0.29) is 44.8 Å². The molecule has 3 heterocycles. The lowest BCUT2D eigenvalue weighted by molar-refractivity contribution is -0.148. The van der Waals surface area contributed by atoms with Gasteiger partial charge in [-0.2, -0.15) is 0 Å². The molecule has 0 bridgehead atoms. The van der Waals surface area contributed by atoms with Gasteiger partial charge in [-0.05, 0) is 71.6 Å². The Balaban J connectivity index is 1.63. The van der Waals surface area contributed by atoms with Crippen LogP contribution in [0.25, 0.3) is 0 Å². The van der Waals surface area contributed by atoms with E-state index in [1.54, 1.807) is 13.8 Å². The molecule has 0 aliphatic carbocycles. The second-order valence-corrected chi connectivity index (χ2v) is 17.1. The number of rotatable bonds is 22. The fourth-order valence-corrected chi connectivity index (χ4v) is 7.91. The number of hydrogen-bond donors (Lipinski definition) is 12. The fraction of sp³-hybridized carbons (Fsp3) is 0.750. The van der Waals surface area contributed by atoms with Crippen LogP contribution in [0.3, 0.4) is 0 Å². The van der Waals surface area contributed by atoms with Gasteiger partial charge in [0.1, 0.15) is 60.9 Å². The zero-order chi connectivity index (χ0) is 48.9. The number of aliphatic hydroxyl groups excluding tert-OH is 4. The summed E-state index contributed by atoms with van der Waals surface area (Å²) in [4.78, 5) is 134. The Kier molecular flexibility index (Phi) is 20.5. The van der Waals surface area contributed by atoms with Crippen molar-refractivity contribution in [3.8, 4) is 0 Å². The summed E-state index contributed by atoms with van der Waals surface area (Å²) in [5, 5.41) is 63.5. The zero-order valence-electron chi connectivity index (χ0n) is 37.4. The van der Waals surface area contributed by atoms with E-state index in [9.17, 15) is 68.4 Å². The summed E-state index contributed by atoms with van der Waals surface area (Å²) >= 11 is 0. The summed E-state index contributed by atoms with van der Waals surface area (Å²) in [5.41, 5.74) is 5.84. The van der Waals surface area contributed by atoms with Gasteiger partial charge in [0, 0.05) is 19.6 Å². The molecule has 25 heteroatoms. The number of carbonyl (C=O) groups excluding carboxylic acids is 9. The van der Waals surface area contributed by atoms with Crippen LogP contribution in [0.15, 0.2) is 0 Å². The number of likely N-dealkylation sites (tertiary alicyclic amines) is 3. The number of nitrogens with one attached hydrogen (secondary N) is 6. The van der Waals surface area contributed by atoms with Crippen LogP contribution in [0.1, 0.15) is 79.6 Å². The van der Waals surface area contributed by atoms with E-state index in [0.717, 1.165) is 11.8 Å². The molecule has 0 aromatic heterocycles. The summed E-state index contributed by atoms with van der Waals surface area (Å²) in [7, 11) is 0. The molecule has 366 valence electrons. The van der Waals surface area contributed by atoms with E-state index < -0.39 is 145 Å². The van der Waals surface area contributed by atoms with Crippen molar-refractivity contribution < 1.29 is 73.5 Å². The van der Waals surface area contributed by atoms with Gasteiger partial charge in [0.25, 0.3) is 0 Å². The standard InChI is InChI=1S/C40H66N10O15/c1-19(2)15-23(33(58)46-25(18-52)38(63)48-12-6-9-26(48)35(60)42-16-29(55)56)44-32(57)20(3)43-37(62)31(22(5)54)47-34(59)24(17-51)45-36(61)27-10-7-13-49(27)39(64)28-11-8-14-50(28)40(65)30(41)21(4)53/h19-28,30-31,51-54H,6-18,41H2,1-5H3,(H,42,60)(H,43,62)(H,44,57)(H,45,61)(H,46,58)(H,47,59)(H,55,56)/t20-,21+,22+,23-,24-,25-,26-,27-,28-,30-,31-/m0/s1. The minimum absolute atomic E-state index is 0.0271. The van der Waals surface area contributed by atoms with Crippen LogP contribution in [0.4, 0.5) is 0 Å². The maximum absolute atomic E-state index is 13.7. The smallest absolute Gasteiger partial charge is 0.322 e. The van der Waals surface area contributed by atoms with Crippen LogP contribution < -0.4 is 37.6 Å². The Morgan fingerprint density at radius 1 is 0.585 bits per heavy atom. The minimum Gasteiger partial charge on any atom is -0.480 e. The first-order valence-electron chi connectivity index (χ1n) is 21.8. The first-order valence-corrected chi connectivity index (χ1v) is 21.8. The third-order valence-corrected chi connectivity index (χ3v) is 11.5. The molecular formula is C40H66N10O15. The number of carboxylic acid groups (broad SMARTS) is 1. The number of amides is 9. The molecule has 25 nitrogen and oxygen atoms in total. The van der Waals surface area contributed by atoms with E-state index in [1.807, 2.05) is 0 Å². The fourth-order valence-electron chi connectivity index (χ4n) is 7.91. The topological polar surface area (TPSA) is 380 Å². The van der Waals surface area contributed by atoms with Crippen molar-refractivity contribution in [1.82, 2.24) is 46.6 Å². The zero-order valence-corrected chi connectivity index (χ0v) is 37.4. The van der Waals surface area contributed by atoms with Gasteiger partial charge in [-0.1, -0.05) is 13.8 Å². The lowest BCUT2D eigenvalue weighted by Crippen LogP contribution is -2.62. The van der Waals surface area contributed by atoms with Gasteiger partial charge in [-0.3, -0.25) is 47.9 Å². The van der Waals surface area contributed by atoms with Gasteiger partial charge in [0.15, 0.2) is 0 Å². The highest BCUT2D eigenvalue weighted by molar-refractivity contribution is 5.99. The van der Waals surface area contributed by atoms with E-state index in [1.165, 1.54) is 23.6 Å². The predicted octanol–water partition coefficient (Wildman–Crippen LogP) is -6.28. The van der Waals surface area contributed by atoms with Gasteiger partial charge in [0.2, 0.25) is 53.2 Å². The second-order valence-electron chi connectivity index (χ2n) is 17.1. The van der Waals surface area contributed by atoms with Crippen molar-refractivity contribution in [2.75, 3.05) is 39.4 Å². The van der Waals surface area contributed by atoms with Gasteiger partial charge in [-0.15, -0.1) is 0 Å². The normalized spacial score (nSPS) is 22.1. The summed E-state index contributed by atoms with van der Waals surface area (Å²) in [5.74, 6) is -8.91. The van der Waals surface area contributed by atoms with Crippen LogP contribution in [0, 0.1) is 5.92 Å². The molecule has 3 saturated heterocycles. The number of nitrogens with two attached hydrogens (primary N) is 1. The van der Waals surface area contributed by atoms with Crippen molar-refractivity contribution in [1.29, 1.82) is 0 Å². The van der Waals surface area contributed by atoms with Crippen LogP contribution in [0.5, 0.6) is 0 Å². The maximum atomic E-state index is 13.7. The van der Waals surface area contributed by atoms with Crippen LogP contribution in [0.2, 0.25) is 0 Å². The van der Waals surface area contributed by atoms with Crippen LogP contribution in [-0.2, 0) is 47.9 Å². The number of aliphatic hydroxyl groups is 4. The van der Waals surface area contributed by atoms with Gasteiger partial charge >= 0.3 is 5.97 Å².